The van der Waals surface area contributed by atoms with Gasteiger partial charge in [0.2, 0.25) is 0 Å². The number of rotatable bonds is 6. The van der Waals surface area contributed by atoms with E-state index in [1.807, 2.05) is 0 Å². The summed E-state index contributed by atoms with van der Waals surface area (Å²) >= 11 is 0.552. The van der Waals surface area contributed by atoms with Gasteiger partial charge in [0.1, 0.15) is 15.4 Å². The molecule has 11 heteroatoms. The summed E-state index contributed by atoms with van der Waals surface area (Å²) < 4.78 is 55.6. The van der Waals surface area contributed by atoms with Gasteiger partial charge in [-0.15, -0.1) is 11.3 Å². The molecule has 1 amide bonds. The first-order chi connectivity index (χ1) is 16.1. The molecule has 4 rings (SSSR count). The van der Waals surface area contributed by atoms with Crippen LogP contribution in [0.25, 0.3) is 10.2 Å². The van der Waals surface area contributed by atoms with Crippen molar-refractivity contribution < 1.29 is 32.4 Å². The Morgan fingerprint density at radius 3 is 2.41 bits per heavy atom. The molecular weight excluding hydrogens is 471 g/mol. The van der Waals surface area contributed by atoms with Crippen molar-refractivity contribution in [2.75, 3.05) is 0 Å². The Balaban J connectivity index is 1.68. The fraction of sp³-hybridized carbons (Fsp3) is 0.130. The maximum Gasteiger partial charge on any atom is 0.488 e. The molecule has 0 bridgehead atoms. The zero-order valence-corrected chi connectivity index (χ0v) is 18.3. The molecule has 2 aromatic carbocycles. The molecule has 0 aliphatic rings. The van der Waals surface area contributed by atoms with Gasteiger partial charge in [0.05, 0.1) is 5.39 Å². The van der Waals surface area contributed by atoms with Gasteiger partial charge in [-0.25, -0.2) is 9.37 Å². The minimum absolute atomic E-state index is 0.0356. The van der Waals surface area contributed by atoms with Gasteiger partial charge in [0.25, 0.3) is 5.91 Å². The van der Waals surface area contributed by atoms with E-state index in [1.54, 1.807) is 42.5 Å². The lowest BCUT2D eigenvalue weighted by Crippen LogP contribution is -2.30. The first-order valence-electron chi connectivity index (χ1n) is 10.1. The van der Waals surface area contributed by atoms with Gasteiger partial charge < -0.3 is 15.4 Å². The zero-order valence-electron chi connectivity index (χ0n) is 17.4. The van der Waals surface area contributed by atoms with Gasteiger partial charge in [-0.05, 0) is 34.6 Å². The number of hydrogen-bond acceptors (Lipinski definition) is 5. The fourth-order valence-corrected chi connectivity index (χ4v) is 4.53. The second-order valence-corrected chi connectivity index (χ2v) is 8.55. The number of nitrogens with one attached hydrogen (secondary N) is 1. The van der Waals surface area contributed by atoms with Gasteiger partial charge in [0.15, 0.2) is 5.82 Å². The van der Waals surface area contributed by atoms with E-state index in [4.69, 9.17) is 0 Å². The first kappa shape index (κ1) is 23.9. The highest BCUT2D eigenvalue weighted by Gasteiger charge is 2.35. The van der Waals surface area contributed by atoms with Crippen LogP contribution in [0.5, 0.6) is 0 Å². The van der Waals surface area contributed by atoms with Crippen molar-refractivity contribution in [3.05, 3.63) is 93.7 Å². The lowest BCUT2D eigenvalue weighted by atomic mass is 9.80. The molecule has 3 N–H and O–H groups in total. The maximum atomic E-state index is 15.3. The number of carbonyl (C=O) groups is 1. The number of halogens is 4. The molecule has 0 radical (unpaired) electrons. The predicted octanol–water partition coefficient (Wildman–Crippen LogP) is 3.65. The number of aromatic nitrogens is 1. The smallest absolute Gasteiger partial charge is 0.423 e. The number of fused-ring (bicyclic) bond motifs is 1. The number of thiophene rings is 1. The Kier molecular flexibility index (Phi) is 6.69. The van der Waals surface area contributed by atoms with Crippen molar-refractivity contribution in [2.24, 2.45) is 0 Å². The molecular formula is C23H17BF4N2O3S. The number of amides is 1. The molecule has 4 aromatic rings. The van der Waals surface area contributed by atoms with E-state index in [0.29, 0.717) is 22.5 Å². The molecule has 5 nitrogen and oxygen atoms in total. The molecule has 0 unspecified atom stereocenters. The Hall–Kier alpha value is -3.28. The Morgan fingerprint density at radius 1 is 1.03 bits per heavy atom. The van der Waals surface area contributed by atoms with Gasteiger partial charge in [-0.1, -0.05) is 54.6 Å². The molecule has 2 heterocycles. The van der Waals surface area contributed by atoms with Crippen LogP contribution in [0.4, 0.5) is 17.6 Å². The minimum Gasteiger partial charge on any atom is -0.423 e. The second kappa shape index (κ2) is 9.53. The van der Waals surface area contributed by atoms with Crippen LogP contribution < -0.4 is 10.8 Å². The van der Waals surface area contributed by atoms with E-state index in [9.17, 15) is 28.0 Å². The van der Waals surface area contributed by atoms with E-state index >= 15 is 4.39 Å². The van der Waals surface area contributed by atoms with Gasteiger partial charge in [-0.3, -0.25) is 4.79 Å². The Bertz CT molecular complexity index is 1340. The van der Waals surface area contributed by atoms with Crippen LogP contribution in [0, 0.1) is 5.82 Å². The molecule has 0 aliphatic carbocycles. The molecule has 174 valence electrons. The van der Waals surface area contributed by atoms with Gasteiger partial charge in [-0.2, -0.15) is 13.2 Å². The summed E-state index contributed by atoms with van der Waals surface area (Å²) in [7, 11) is -1.69. The van der Waals surface area contributed by atoms with E-state index < -0.39 is 30.7 Å². The fourth-order valence-electron chi connectivity index (χ4n) is 3.51. The Morgan fingerprint density at radius 2 is 1.74 bits per heavy atom. The summed E-state index contributed by atoms with van der Waals surface area (Å²) in [5, 5.41) is 20.9. The molecule has 0 aliphatic heterocycles. The van der Waals surface area contributed by atoms with E-state index in [1.165, 1.54) is 12.1 Å². The van der Waals surface area contributed by atoms with Gasteiger partial charge >= 0.3 is 13.3 Å². The highest BCUT2D eigenvalue weighted by molar-refractivity contribution is 7.20. The van der Waals surface area contributed by atoms with Crippen LogP contribution in [0.15, 0.2) is 60.7 Å². The Labute approximate surface area is 195 Å². The number of benzene rings is 2. The van der Waals surface area contributed by atoms with Crippen LogP contribution in [0.1, 0.15) is 32.1 Å². The first-order valence-corrected chi connectivity index (χ1v) is 10.9. The third-order valence-electron chi connectivity index (χ3n) is 5.12. The largest absolute Gasteiger partial charge is 0.488 e. The van der Waals surface area contributed by atoms with Crippen molar-refractivity contribution in [2.45, 2.75) is 19.1 Å². The number of nitrogens with zero attached hydrogens (tertiary/aromatic N) is 1. The van der Waals surface area contributed by atoms with Crippen LogP contribution in [0.2, 0.25) is 0 Å². The van der Waals surface area contributed by atoms with Crippen molar-refractivity contribution >= 4 is 40.0 Å². The average Bonchev–Trinajstić information content (AvgIpc) is 3.14. The normalized spacial score (nSPS) is 11.6. The van der Waals surface area contributed by atoms with Gasteiger partial charge in [0, 0.05) is 6.54 Å². The molecule has 34 heavy (non-hydrogen) atoms. The number of pyridine rings is 1. The predicted molar refractivity (Wildman–Crippen MR) is 121 cm³/mol. The third kappa shape index (κ3) is 5.11. The quantitative estimate of drug-likeness (QED) is 0.286. The third-order valence-corrected chi connectivity index (χ3v) is 6.18. The zero-order chi connectivity index (χ0) is 24.5. The average molecular weight is 488 g/mol. The van der Waals surface area contributed by atoms with Crippen molar-refractivity contribution in [3.8, 4) is 0 Å². The lowest BCUT2D eigenvalue weighted by molar-refractivity contribution is -0.141. The minimum atomic E-state index is -4.73. The molecule has 0 spiro atoms. The highest BCUT2D eigenvalue weighted by Crippen LogP contribution is 2.37. The summed E-state index contributed by atoms with van der Waals surface area (Å²) in [5.74, 6) is -1.74. The molecule has 0 fully saturated rings. The molecule has 0 saturated carbocycles. The van der Waals surface area contributed by atoms with Crippen LogP contribution in [-0.2, 0) is 19.1 Å². The highest BCUT2D eigenvalue weighted by atomic mass is 32.1. The topological polar surface area (TPSA) is 82.5 Å². The van der Waals surface area contributed by atoms with Crippen molar-refractivity contribution in [1.82, 2.24) is 10.3 Å². The lowest BCUT2D eigenvalue weighted by Gasteiger charge is -2.10. The van der Waals surface area contributed by atoms with Crippen LogP contribution in [-0.4, -0.2) is 28.1 Å². The van der Waals surface area contributed by atoms with E-state index in [2.05, 4.69) is 10.3 Å². The molecule has 0 saturated heterocycles. The number of hydrogen-bond donors (Lipinski definition) is 3. The van der Waals surface area contributed by atoms with Crippen molar-refractivity contribution in [1.29, 1.82) is 0 Å². The molecule has 0 atom stereocenters. The summed E-state index contributed by atoms with van der Waals surface area (Å²) in [6.07, 6.45) is -4.70. The standard InChI is InChI=1S/C23H17BF4N2O3S/c25-19-18-15(9-13-5-2-1-3-6-13)11-17(23(26,27)28)30-22(18)34-20(19)21(31)29-12-14-7-4-8-16(10-14)24(32)33/h1-8,10-11,32-33H,9,12H2,(H,29,31). The van der Waals surface area contributed by atoms with E-state index in [0.717, 1.165) is 6.07 Å². The monoisotopic (exact) mass is 488 g/mol. The maximum absolute atomic E-state index is 15.3. The summed E-state index contributed by atoms with van der Waals surface area (Å²) in [4.78, 5) is 15.7. The molecule has 2 aromatic heterocycles. The van der Waals surface area contributed by atoms with Crippen LogP contribution >= 0.6 is 11.3 Å². The number of carbonyl (C=O) groups excluding carboxylic acids is 1. The van der Waals surface area contributed by atoms with Crippen molar-refractivity contribution in [3.63, 3.8) is 0 Å². The summed E-state index contributed by atoms with van der Waals surface area (Å²) in [6, 6.07) is 15.6. The second-order valence-electron chi connectivity index (χ2n) is 7.55. The number of alkyl halides is 3. The SMILES string of the molecule is O=C(NCc1cccc(B(O)O)c1)c1sc2nc(C(F)(F)F)cc(Cc3ccccc3)c2c1F. The van der Waals surface area contributed by atoms with E-state index in [-0.39, 0.29) is 39.1 Å². The van der Waals surface area contributed by atoms with Crippen LogP contribution in [0.3, 0.4) is 0 Å². The summed E-state index contributed by atoms with van der Waals surface area (Å²) in [6.45, 7) is -0.0504. The summed E-state index contributed by atoms with van der Waals surface area (Å²) in [5.41, 5.74) is 0.363.